The summed E-state index contributed by atoms with van der Waals surface area (Å²) in [5.41, 5.74) is 1.70. The second-order valence-corrected chi connectivity index (χ2v) is 7.34. The van der Waals surface area contributed by atoms with Crippen molar-refractivity contribution in [2.24, 2.45) is 0 Å². The molecular formula is C22H32N4O2. The summed E-state index contributed by atoms with van der Waals surface area (Å²) < 4.78 is 6.05. The zero-order chi connectivity index (χ0) is 19.9. The lowest BCUT2D eigenvalue weighted by Crippen LogP contribution is -2.41. The van der Waals surface area contributed by atoms with E-state index < -0.39 is 0 Å². The Bertz CT molecular complexity index is 773. The Balaban J connectivity index is 1.51. The van der Waals surface area contributed by atoms with Gasteiger partial charge >= 0.3 is 0 Å². The number of hydrogen-bond acceptors (Lipinski definition) is 5. The maximum Gasteiger partial charge on any atom is 0.241 e. The van der Waals surface area contributed by atoms with Gasteiger partial charge in [-0.25, -0.2) is 0 Å². The molecule has 1 aliphatic heterocycles. The minimum absolute atomic E-state index is 0.0140. The van der Waals surface area contributed by atoms with Crippen LogP contribution in [0.2, 0.25) is 0 Å². The first-order valence-electron chi connectivity index (χ1n) is 10.3. The Kier molecular flexibility index (Phi) is 7.36. The number of likely N-dealkylation sites (N-methyl/N-ethyl adjacent to an activating group) is 1. The molecule has 0 aliphatic carbocycles. The molecule has 1 aromatic carbocycles. The van der Waals surface area contributed by atoms with E-state index in [1.807, 2.05) is 37.3 Å². The van der Waals surface area contributed by atoms with Gasteiger partial charge in [0.1, 0.15) is 0 Å². The maximum absolute atomic E-state index is 12.8. The Hall–Kier alpha value is -2.02. The monoisotopic (exact) mass is 384 g/mol. The summed E-state index contributed by atoms with van der Waals surface area (Å²) in [7, 11) is 0. The highest BCUT2D eigenvalue weighted by atomic mass is 16.5. The van der Waals surface area contributed by atoms with Crippen molar-refractivity contribution in [3.05, 3.63) is 36.5 Å². The molecule has 0 radical (unpaired) electrons. The van der Waals surface area contributed by atoms with Gasteiger partial charge in [0.15, 0.2) is 0 Å². The number of hydrogen-bond donors (Lipinski definition) is 1. The molecule has 0 bridgehead atoms. The molecule has 3 rings (SSSR count). The van der Waals surface area contributed by atoms with Crippen LogP contribution >= 0.6 is 0 Å². The largest absolute Gasteiger partial charge is 0.376 e. The van der Waals surface area contributed by atoms with Crippen molar-refractivity contribution in [1.29, 1.82) is 0 Å². The number of amides is 1. The molecule has 1 aliphatic rings. The van der Waals surface area contributed by atoms with Crippen molar-refractivity contribution in [3.8, 4) is 0 Å². The Morgan fingerprint density at radius 3 is 2.93 bits per heavy atom. The minimum atomic E-state index is -0.191. The minimum Gasteiger partial charge on any atom is -0.376 e. The number of nitrogens with one attached hydrogen (secondary N) is 1. The zero-order valence-electron chi connectivity index (χ0n) is 17.2. The number of rotatable bonds is 9. The Labute approximate surface area is 167 Å². The second kappa shape index (κ2) is 9.96. The quantitative estimate of drug-likeness (QED) is 0.720. The van der Waals surface area contributed by atoms with Gasteiger partial charge < -0.3 is 15.0 Å². The molecule has 2 aromatic rings. The number of nitrogens with zero attached hydrogens (tertiary/aromatic N) is 3. The van der Waals surface area contributed by atoms with Gasteiger partial charge in [-0.05, 0) is 50.7 Å². The summed E-state index contributed by atoms with van der Waals surface area (Å²) >= 11 is 0. The molecule has 1 amide bonds. The van der Waals surface area contributed by atoms with E-state index in [0.717, 1.165) is 62.3 Å². The van der Waals surface area contributed by atoms with Gasteiger partial charge in [-0.3, -0.25) is 14.7 Å². The highest BCUT2D eigenvalue weighted by molar-refractivity contribution is 6.02. The third-order valence-corrected chi connectivity index (χ3v) is 5.66. The molecular weight excluding hydrogens is 352 g/mol. The number of ether oxygens (including phenoxy) is 1. The number of pyridine rings is 1. The van der Waals surface area contributed by atoms with Crippen molar-refractivity contribution in [2.45, 2.75) is 39.3 Å². The van der Waals surface area contributed by atoms with Crippen molar-refractivity contribution in [1.82, 2.24) is 14.8 Å². The number of fused-ring (bicyclic) bond motifs is 1. The Morgan fingerprint density at radius 2 is 2.14 bits per heavy atom. The second-order valence-electron chi connectivity index (χ2n) is 7.34. The summed E-state index contributed by atoms with van der Waals surface area (Å²) in [4.78, 5) is 21.7. The molecule has 0 saturated carbocycles. The molecule has 6 nitrogen and oxygen atoms in total. The van der Waals surface area contributed by atoms with Crippen LogP contribution in [0.1, 0.15) is 27.2 Å². The summed E-state index contributed by atoms with van der Waals surface area (Å²) in [6.45, 7) is 11.8. The molecule has 0 spiro atoms. The third-order valence-electron chi connectivity index (χ3n) is 5.66. The van der Waals surface area contributed by atoms with Crippen LogP contribution in [0.4, 0.5) is 5.69 Å². The summed E-state index contributed by atoms with van der Waals surface area (Å²) in [5, 5.41) is 4.04. The topological polar surface area (TPSA) is 57.7 Å². The van der Waals surface area contributed by atoms with E-state index in [1.165, 1.54) is 0 Å². The molecule has 1 fully saturated rings. The zero-order valence-corrected chi connectivity index (χ0v) is 17.2. The van der Waals surface area contributed by atoms with E-state index in [2.05, 4.69) is 33.9 Å². The van der Waals surface area contributed by atoms with Crippen molar-refractivity contribution in [3.63, 3.8) is 0 Å². The number of carbonyl (C=O) groups excluding carboxylic acids is 1. The van der Waals surface area contributed by atoms with E-state index in [-0.39, 0.29) is 18.1 Å². The summed E-state index contributed by atoms with van der Waals surface area (Å²) in [6, 6.07) is 9.49. The van der Waals surface area contributed by atoms with Crippen LogP contribution in [-0.2, 0) is 9.53 Å². The van der Waals surface area contributed by atoms with Gasteiger partial charge in [-0.15, -0.1) is 0 Å². The normalized spacial score (nSPS) is 18.6. The lowest BCUT2D eigenvalue weighted by atomic mass is 10.1. The number of carbonyl (C=O) groups is 1. The van der Waals surface area contributed by atoms with E-state index in [9.17, 15) is 4.79 Å². The fourth-order valence-electron chi connectivity index (χ4n) is 3.75. The number of likely N-dealkylation sites (tertiary alicyclic amines) is 1. The molecule has 2 atom stereocenters. The van der Waals surface area contributed by atoms with Crippen LogP contribution < -0.4 is 5.32 Å². The summed E-state index contributed by atoms with van der Waals surface area (Å²) in [5.74, 6) is 0.0140. The SMILES string of the molecule is CCN(CC)CCO[C@H]1CCN([C@H](C)C(=O)Nc2cccc3ncccc23)C1. The van der Waals surface area contributed by atoms with Gasteiger partial charge in [0.05, 0.1) is 30.0 Å². The highest BCUT2D eigenvalue weighted by Gasteiger charge is 2.30. The molecule has 152 valence electrons. The van der Waals surface area contributed by atoms with Gasteiger partial charge in [0.25, 0.3) is 0 Å². The number of benzene rings is 1. The van der Waals surface area contributed by atoms with E-state index in [4.69, 9.17) is 4.74 Å². The molecule has 2 heterocycles. The summed E-state index contributed by atoms with van der Waals surface area (Å²) in [6.07, 6.45) is 2.96. The first kappa shape index (κ1) is 20.7. The number of aromatic nitrogens is 1. The first-order chi connectivity index (χ1) is 13.6. The molecule has 0 unspecified atom stereocenters. The first-order valence-corrected chi connectivity index (χ1v) is 10.3. The number of anilines is 1. The lowest BCUT2D eigenvalue weighted by Gasteiger charge is -2.24. The highest BCUT2D eigenvalue weighted by Crippen LogP contribution is 2.22. The fraction of sp³-hybridized carbons (Fsp3) is 0.545. The average Bonchev–Trinajstić information content (AvgIpc) is 3.20. The standard InChI is InChI=1S/C22H32N4O2/c1-4-25(5-2)14-15-28-18-11-13-26(16-18)17(3)22(27)24-21-10-6-9-20-19(21)8-7-12-23-20/h6-10,12,17-18H,4-5,11,13-16H2,1-3H3,(H,24,27)/t17-,18+/m1/s1. The molecule has 1 N–H and O–H groups in total. The third kappa shape index (κ3) is 5.07. The predicted molar refractivity (Wildman–Crippen MR) is 114 cm³/mol. The van der Waals surface area contributed by atoms with Crippen LogP contribution in [0, 0.1) is 0 Å². The van der Waals surface area contributed by atoms with Crippen LogP contribution in [0.25, 0.3) is 10.9 Å². The molecule has 1 aromatic heterocycles. The van der Waals surface area contributed by atoms with Gasteiger partial charge in [0.2, 0.25) is 5.91 Å². The van der Waals surface area contributed by atoms with E-state index in [1.54, 1.807) is 6.20 Å². The molecule has 1 saturated heterocycles. The van der Waals surface area contributed by atoms with Crippen LogP contribution in [0.15, 0.2) is 36.5 Å². The van der Waals surface area contributed by atoms with Crippen LogP contribution in [0.5, 0.6) is 0 Å². The predicted octanol–water partition coefficient (Wildman–Crippen LogP) is 2.99. The van der Waals surface area contributed by atoms with Crippen LogP contribution in [0.3, 0.4) is 0 Å². The van der Waals surface area contributed by atoms with Gasteiger partial charge in [-0.2, -0.15) is 0 Å². The molecule has 28 heavy (non-hydrogen) atoms. The fourth-order valence-corrected chi connectivity index (χ4v) is 3.75. The average molecular weight is 385 g/mol. The van der Waals surface area contributed by atoms with Crippen molar-refractivity contribution >= 4 is 22.5 Å². The van der Waals surface area contributed by atoms with E-state index >= 15 is 0 Å². The van der Waals surface area contributed by atoms with E-state index in [0.29, 0.717) is 0 Å². The molecule has 6 heteroatoms. The lowest BCUT2D eigenvalue weighted by molar-refractivity contribution is -0.120. The van der Waals surface area contributed by atoms with Crippen molar-refractivity contribution in [2.75, 3.05) is 44.6 Å². The maximum atomic E-state index is 12.8. The van der Waals surface area contributed by atoms with Crippen molar-refractivity contribution < 1.29 is 9.53 Å². The van der Waals surface area contributed by atoms with Gasteiger partial charge in [-0.1, -0.05) is 19.9 Å². The van der Waals surface area contributed by atoms with Crippen LogP contribution in [-0.4, -0.2) is 72.2 Å². The van der Waals surface area contributed by atoms with Gasteiger partial charge in [0, 0.05) is 31.2 Å². The smallest absolute Gasteiger partial charge is 0.241 e. The Morgan fingerprint density at radius 1 is 1.32 bits per heavy atom.